The van der Waals surface area contributed by atoms with Gasteiger partial charge in [-0.2, -0.15) is 5.10 Å². The van der Waals surface area contributed by atoms with Crippen LogP contribution in [-0.2, 0) is 16.6 Å². The maximum Gasteiger partial charge on any atom is 0.268 e. The van der Waals surface area contributed by atoms with Crippen molar-refractivity contribution in [2.75, 3.05) is 0 Å². The number of hydrogen-bond acceptors (Lipinski definition) is 5. The van der Waals surface area contributed by atoms with Crippen LogP contribution in [0.1, 0.15) is 11.1 Å². The first kappa shape index (κ1) is 22.4. The maximum absolute atomic E-state index is 15.4. The van der Waals surface area contributed by atoms with Crippen molar-refractivity contribution in [1.29, 1.82) is 0 Å². The highest BCUT2D eigenvalue weighted by atomic mass is 32.2. The molecule has 2 heterocycles. The Morgan fingerprint density at radius 3 is 2.59 bits per heavy atom. The van der Waals surface area contributed by atoms with E-state index in [4.69, 9.17) is 0 Å². The second-order valence-electron chi connectivity index (χ2n) is 7.79. The smallest absolute Gasteiger partial charge is 0.268 e. The van der Waals surface area contributed by atoms with Crippen LogP contribution in [0, 0.1) is 12.7 Å². The molecule has 0 saturated heterocycles. The van der Waals surface area contributed by atoms with E-state index in [2.05, 4.69) is 10.2 Å². The first-order valence-corrected chi connectivity index (χ1v) is 12.7. The molecular weight excluding hydrogens is 473 g/mol. The van der Waals surface area contributed by atoms with Gasteiger partial charge in [0.25, 0.3) is 10.0 Å². The van der Waals surface area contributed by atoms with Crippen LogP contribution in [0.5, 0.6) is 0 Å². The van der Waals surface area contributed by atoms with Gasteiger partial charge in [0.15, 0.2) is 0 Å². The number of aryl methyl sites for hydroxylation is 1. The van der Waals surface area contributed by atoms with Gasteiger partial charge in [-0.25, -0.2) is 16.8 Å². The highest BCUT2D eigenvalue weighted by Gasteiger charge is 2.23. The van der Waals surface area contributed by atoms with Crippen molar-refractivity contribution in [3.05, 3.63) is 96.1 Å². The molecule has 172 valence electrons. The Kier molecular flexibility index (Phi) is 5.76. The number of H-pyrrole nitrogens is 1. The standard InChI is InChI=1S/C25H20FN3O3S2/c1-16-5-7-19(8-6-16)34(31,32)29-12-10-20-21(15-30)25(22(26)14-24(20)29)33-18-4-2-3-17(13-18)23-9-11-27-28-23/h2-14,30H,15H2,1H3,(H,27,28). The molecule has 0 radical (unpaired) electrons. The van der Waals surface area contributed by atoms with Crippen LogP contribution in [0.3, 0.4) is 0 Å². The van der Waals surface area contributed by atoms with Gasteiger partial charge in [0, 0.05) is 39.9 Å². The topological polar surface area (TPSA) is 88.0 Å². The number of benzene rings is 3. The van der Waals surface area contributed by atoms with Gasteiger partial charge < -0.3 is 5.11 Å². The molecule has 6 nitrogen and oxygen atoms in total. The number of nitrogens with zero attached hydrogens (tertiary/aromatic N) is 2. The molecule has 0 aliphatic rings. The van der Waals surface area contributed by atoms with Gasteiger partial charge in [0.1, 0.15) is 5.82 Å². The number of aliphatic hydroxyl groups excluding tert-OH is 1. The van der Waals surface area contributed by atoms with E-state index in [0.29, 0.717) is 10.9 Å². The molecule has 5 rings (SSSR count). The van der Waals surface area contributed by atoms with Gasteiger partial charge in [-0.3, -0.25) is 5.10 Å². The van der Waals surface area contributed by atoms with E-state index < -0.39 is 22.4 Å². The Morgan fingerprint density at radius 1 is 1.09 bits per heavy atom. The van der Waals surface area contributed by atoms with Gasteiger partial charge in [-0.05, 0) is 43.3 Å². The van der Waals surface area contributed by atoms with E-state index in [1.165, 1.54) is 36.2 Å². The highest BCUT2D eigenvalue weighted by molar-refractivity contribution is 7.99. The molecule has 0 aliphatic heterocycles. The lowest BCUT2D eigenvalue weighted by molar-refractivity contribution is 0.279. The normalized spacial score (nSPS) is 11.9. The summed E-state index contributed by atoms with van der Waals surface area (Å²) < 4.78 is 42.9. The zero-order valence-electron chi connectivity index (χ0n) is 18.1. The summed E-state index contributed by atoms with van der Waals surface area (Å²) in [5.41, 5.74) is 3.18. The molecule has 0 saturated carbocycles. The average Bonchev–Trinajstić information content (AvgIpc) is 3.51. The van der Waals surface area contributed by atoms with Crippen molar-refractivity contribution in [2.45, 2.75) is 28.2 Å². The highest BCUT2D eigenvalue weighted by Crippen LogP contribution is 2.39. The van der Waals surface area contributed by atoms with Crippen LogP contribution in [-0.4, -0.2) is 27.7 Å². The minimum absolute atomic E-state index is 0.107. The Morgan fingerprint density at radius 2 is 1.88 bits per heavy atom. The third-order valence-electron chi connectivity index (χ3n) is 5.57. The Hall–Kier alpha value is -3.40. The first-order chi connectivity index (χ1) is 16.4. The van der Waals surface area contributed by atoms with Crippen LogP contribution in [0.2, 0.25) is 0 Å². The van der Waals surface area contributed by atoms with Crippen molar-refractivity contribution in [3.8, 4) is 11.3 Å². The van der Waals surface area contributed by atoms with Crippen LogP contribution in [0.15, 0.2) is 93.8 Å². The molecule has 3 aromatic carbocycles. The predicted octanol–water partition coefficient (Wildman–Crippen LogP) is 5.36. The molecule has 2 N–H and O–H groups in total. The van der Waals surface area contributed by atoms with E-state index in [-0.39, 0.29) is 15.3 Å². The molecule has 0 aliphatic carbocycles. The fourth-order valence-corrected chi connectivity index (χ4v) is 6.20. The minimum Gasteiger partial charge on any atom is -0.392 e. The van der Waals surface area contributed by atoms with E-state index in [0.717, 1.165) is 25.7 Å². The number of fused-ring (bicyclic) bond motifs is 1. The lowest BCUT2D eigenvalue weighted by Crippen LogP contribution is -2.12. The SMILES string of the molecule is Cc1ccc(S(=O)(=O)n2ccc3c(CO)c(Sc4cccc(-c5ccn[nH]5)c4)c(F)cc32)cc1. The lowest BCUT2D eigenvalue weighted by Gasteiger charge is -2.13. The molecule has 2 aromatic heterocycles. The number of hydrogen-bond donors (Lipinski definition) is 2. The van der Waals surface area contributed by atoms with E-state index in [1.807, 2.05) is 37.3 Å². The molecule has 0 bridgehead atoms. The number of rotatable bonds is 6. The Balaban J connectivity index is 1.59. The summed E-state index contributed by atoms with van der Waals surface area (Å²) in [6, 6.07) is 18.6. The van der Waals surface area contributed by atoms with Gasteiger partial charge in [0.2, 0.25) is 0 Å². The fraction of sp³-hybridized carbons (Fsp3) is 0.0800. The van der Waals surface area contributed by atoms with Crippen LogP contribution in [0.4, 0.5) is 4.39 Å². The third kappa shape index (κ3) is 3.91. The summed E-state index contributed by atoms with van der Waals surface area (Å²) in [4.78, 5) is 1.13. The molecule has 0 unspecified atom stereocenters. The molecule has 0 spiro atoms. The largest absolute Gasteiger partial charge is 0.392 e. The zero-order chi connectivity index (χ0) is 23.9. The van der Waals surface area contributed by atoms with Crippen molar-refractivity contribution in [3.63, 3.8) is 0 Å². The number of nitrogens with one attached hydrogen (secondary N) is 1. The molecule has 34 heavy (non-hydrogen) atoms. The number of aromatic amines is 1. The molecule has 0 fully saturated rings. The number of aliphatic hydroxyl groups is 1. The summed E-state index contributed by atoms with van der Waals surface area (Å²) in [5, 5.41) is 17.5. The summed E-state index contributed by atoms with van der Waals surface area (Å²) in [6.45, 7) is 1.43. The first-order valence-electron chi connectivity index (χ1n) is 10.4. The molecule has 5 aromatic rings. The van der Waals surface area contributed by atoms with Gasteiger partial charge >= 0.3 is 0 Å². The Bertz CT molecular complexity index is 1590. The van der Waals surface area contributed by atoms with Crippen molar-refractivity contribution in [2.24, 2.45) is 0 Å². The zero-order valence-corrected chi connectivity index (χ0v) is 19.7. The molecular formula is C25H20FN3O3S2. The summed E-state index contributed by atoms with van der Waals surface area (Å²) in [5.74, 6) is -0.604. The van der Waals surface area contributed by atoms with Crippen LogP contribution >= 0.6 is 11.8 Å². The quantitative estimate of drug-likeness (QED) is 0.333. The van der Waals surface area contributed by atoms with E-state index >= 15 is 4.39 Å². The summed E-state index contributed by atoms with van der Waals surface area (Å²) in [6.07, 6.45) is 3.05. The minimum atomic E-state index is -3.93. The molecule has 0 amide bonds. The lowest BCUT2D eigenvalue weighted by atomic mass is 10.1. The number of halogens is 1. The van der Waals surface area contributed by atoms with Gasteiger partial charge in [-0.15, -0.1) is 0 Å². The summed E-state index contributed by atoms with van der Waals surface area (Å²) >= 11 is 1.18. The predicted molar refractivity (Wildman–Crippen MR) is 130 cm³/mol. The average molecular weight is 494 g/mol. The van der Waals surface area contributed by atoms with Crippen molar-refractivity contribution >= 4 is 32.7 Å². The number of aromatic nitrogens is 3. The van der Waals surface area contributed by atoms with Crippen molar-refractivity contribution in [1.82, 2.24) is 14.2 Å². The fourth-order valence-electron chi connectivity index (χ4n) is 3.84. The Labute approximate surface area is 200 Å². The van der Waals surface area contributed by atoms with E-state index in [1.54, 1.807) is 24.4 Å². The van der Waals surface area contributed by atoms with E-state index in [9.17, 15) is 13.5 Å². The second-order valence-corrected chi connectivity index (χ2v) is 10.7. The van der Waals surface area contributed by atoms with Gasteiger partial charge in [-0.1, -0.05) is 41.6 Å². The molecule has 9 heteroatoms. The summed E-state index contributed by atoms with van der Waals surface area (Å²) in [7, 11) is -3.93. The van der Waals surface area contributed by atoms with Crippen LogP contribution < -0.4 is 0 Å². The maximum atomic E-state index is 15.4. The second kappa shape index (κ2) is 8.75. The van der Waals surface area contributed by atoms with Crippen LogP contribution in [0.25, 0.3) is 22.2 Å². The third-order valence-corrected chi connectivity index (χ3v) is 8.41. The van der Waals surface area contributed by atoms with Gasteiger partial charge in [0.05, 0.1) is 27.6 Å². The molecule has 0 atom stereocenters. The van der Waals surface area contributed by atoms with Crippen molar-refractivity contribution < 1.29 is 17.9 Å². The monoisotopic (exact) mass is 493 g/mol.